The third-order valence-corrected chi connectivity index (χ3v) is 2.15. The summed E-state index contributed by atoms with van der Waals surface area (Å²) in [7, 11) is 0. The molecule has 0 saturated heterocycles. The van der Waals surface area contributed by atoms with E-state index in [1.54, 1.807) is 0 Å². The lowest BCUT2D eigenvalue weighted by Crippen LogP contribution is -2.10. The zero-order valence-electron chi connectivity index (χ0n) is 8.79. The molecule has 13 heavy (non-hydrogen) atoms. The van der Waals surface area contributed by atoms with Gasteiger partial charge in [-0.15, -0.1) is 0 Å². The predicted molar refractivity (Wildman–Crippen MR) is 53.7 cm³/mol. The smallest absolute Gasteiger partial charge is 0.121 e. The lowest BCUT2D eigenvalue weighted by molar-refractivity contribution is 0.207. The van der Waals surface area contributed by atoms with E-state index in [9.17, 15) is 0 Å². The first-order valence-electron chi connectivity index (χ1n) is 4.48. The van der Waals surface area contributed by atoms with E-state index >= 15 is 0 Å². The molecule has 0 rings (SSSR count). The third-order valence-electron chi connectivity index (χ3n) is 2.15. The van der Waals surface area contributed by atoms with Crippen molar-refractivity contribution < 1.29 is 9.84 Å². The Hall–Kier alpha value is -0.940. The number of rotatable bonds is 4. The molecular formula is C11H18O2. The SMILES string of the molecule is C#CO/C(=C(\C)C(C)C)C(C)CO. The van der Waals surface area contributed by atoms with Gasteiger partial charge < -0.3 is 9.84 Å². The second-order valence-corrected chi connectivity index (χ2v) is 3.51. The van der Waals surface area contributed by atoms with E-state index in [2.05, 4.69) is 20.0 Å². The zero-order valence-corrected chi connectivity index (χ0v) is 8.79. The number of hydrogen-bond acceptors (Lipinski definition) is 2. The Balaban J connectivity index is 4.78. The molecule has 1 unspecified atom stereocenters. The second kappa shape index (κ2) is 5.66. The van der Waals surface area contributed by atoms with Crippen LogP contribution in [0, 0.1) is 24.4 Å². The predicted octanol–water partition coefficient (Wildman–Crippen LogP) is 2.15. The number of allylic oxidation sites excluding steroid dienone is 1. The highest BCUT2D eigenvalue weighted by Gasteiger charge is 2.14. The lowest BCUT2D eigenvalue weighted by atomic mass is 9.98. The Bertz CT molecular complexity index is 221. The number of terminal acetylenes is 1. The van der Waals surface area contributed by atoms with Crippen molar-refractivity contribution in [1.29, 1.82) is 0 Å². The first kappa shape index (κ1) is 12.1. The van der Waals surface area contributed by atoms with Gasteiger partial charge in [-0.2, -0.15) is 0 Å². The minimum atomic E-state index is -0.0292. The summed E-state index contributed by atoms with van der Waals surface area (Å²) in [5.41, 5.74) is 1.10. The molecule has 0 aromatic rings. The summed E-state index contributed by atoms with van der Waals surface area (Å²) in [5.74, 6) is 1.08. The maximum Gasteiger partial charge on any atom is 0.121 e. The Labute approximate surface area is 80.6 Å². The van der Waals surface area contributed by atoms with E-state index in [-0.39, 0.29) is 12.5 Å². The molecule has 0 aliphatic carbocycles. The van der Waals surface area contributed by atoms with Gasteiger partial charge in [0.15, 0.2) is 0 Å². The maximum atomic E-state index is 8.98. The molecule has 0 aliphatic rings. The lowest BCUT2D eigenvalue weighted by Gasteiger charge is -2.16. The van der Waals surface area contributed by atoms with Gasteiger partial charge in [0.25, 0.3) is 0 Å². The molecule has 74 valence electrons. The van der Waals surface area contributed by atoms with E-state index < -0.39 is 0 Å². The largest absolute Gasteiger partial charge is 0.412 e. The molecule has 0 aliphatic heterocycles. The number of aliphatic hydroxyl groups excluding tert-OH is 1. The second-order valence-electron chi connectivity index (χ2n) is 3.51. The van der Waals surface area contributed by atoms with Crippen LogP contribution in [-0.4, -0.2) is 11.7 Å². The molecule has 0 saturated carbocycles. The van der Waals surface area contributed by atoms with Crippen LogP contribution in [-0.2, 0) is 4.74 Å². The van der Waals surface area contributed by atoms with Crippen LogP contribution < -0.4 is 0 Å². The quantitative estimate of drug-likeness (QED) is 0.533. The molecule has 0 aromatic carbocycles. The van der Waals surface area contributed by atoms with Gasteiger partial charge in [-0.1, -0.05) is 27.2 Å². The first-order chi connectivity index (χ1) is 6.04. The number of ether oxygens (including phenoxy) is 1. The average molecular weight is 182 g/mol. The van der Waals surface area contributed by atoms with Crippen molar-refractivity contribution in [2.75, 3.05) is 6.61 Å². The fraction of sp³-hybridized carbons (Fsp3) is 0.636. The molecule has 0 fully saturated rings. The third kappa shape index (κ3) is 3.52. The molecule has 1 N–H and O–H groups in total. The monoisotopic (exact) mass is 182 g/mol. The molecule has 0 radical (unpaired) electrons. The molecule has 0 spiro atoms. The van der Waals surface area contributed by atoms with Gasteiger partial charge in [0, 0.05) is 5.92 Å². The minimum absolute atomic E-state index is 0.0292. The van der Waals surface area contributed by atoms with Crippen LogP contribution in [0.25, 0.3) is 0 Å². The van der Waals surface area contributed by atoms with E-state index in [1.807, 2.05) is 13.8 Å². The van der Waals surface area contributed by atoms with Gasteiger partial charge in [-0.25, -0.2) is 0 Å². The van der Waals surface area contributed by atoms with Crippen molar-refractivity contribution in [2.24, 2.45) is 11.8 Å². The van der Waals surface area contributed by atoms with Gasteiger partial charge in [0.05, 0.1) is 6.61 Å². The van der Waals surface area contributed by atoms with Gasteiger partial charge in [-0.05, 0) is 18.4 Å². The molecule has 2 nitrogen and oxygen atoms in total. The zero-order chi connectivity index (χ0) is 10.4. The van der Waals surface area contributed by atoms with Crippen molar-refractivity contribution in [3.63, 3.8) is 0 Å². The summed E-state index contributed by atoms with van der Waals surface area (Å²) in [6, 6.07) is 0. The summed E-state index contributed by atoms with van der Waals surface area (Å²) in [6.07, 6.45) is 7.22. The normalized spacial score (nSPS) is 14.8. The summed E-state index contributed by atoms with van der Waals surface area (Å²) in [5, 5.41) is 8.98. The van der Waals surface area contributed by atoms with Crippen LogP contribution in [0.1, 0.15) is 27.7 Å². The highest BCUT2D eigenvalue weighted by atomic mass is 16.5. The van der Waals surface area contributed by atoms with Gasteiger partial charge in [-0.3, -0.25) is 0 Å². The van der Waals surface area contributed by atoms with Gasteiger partial charge in [0.2, 0.25) is 0 Å². The molecule has 0 heterocycles. The Morgan fingerprint density at radius 3 is 2.31 bits per heavy atom. The van der Waals surface area contributed by atoms with E-state index in [0.717, 1.165) is 11.3 Å². The Kier molecular flexibility index (Phi) is 5.25. The van der Waals surface area contributed by atoms with Crippen molar-refractivity contribution in [3.8, 4) is 12.5 Å². The van der Waals surface area contributed by atoms with Gasteiger partial charge in [0.1, 0.15) is 11.9 Å². The van der Waals surface area contributed by atoms with Gasteiger partial charge >= 0.3 is 0 Å². The summed E-state index contributed by atoms with van der Waals surface area (Å²) < 4.78 is 5.07. The maximum absolute atomic E-state index is 8.98. The fourth-order valence-electron chi connectivity index (χ4n) is 1.00. The molecule has 1 atom stereocenters. The summed E-state index contributed by atoms with van der Waals surface area (Å²) in [6.45, 7) is 8.06. The van der Waals surface area contributed by atoms with Crippen LogP contribution in [0.4, 0.5) is 0 Å². The summed E-state index contributed by atoms with van der Waals surface area (Å²) in [4.78, 5) is 0. The first-order valence-corrected chi connectivity index (χ1v) is 4.48. The van der Waals surface area contributed by atoms with Crippen molar-refractivity contribution in [2.45, 2.75) is 27.7 Å². The molecule has 0 aromatic heterocycles. The van der Waals surface area contributed by atoms with Crippen molar-refractivity contribution in [3.05, 3.63) is 11.3 Å². The van der Waals surface area contributed by atoms with E-state index in [4.69, 9.17) is 16.3 Å². The minimum Gasteiger partial charge on any atom is -0.412 e. The van der Waals surface area contributed by atoms with Crippen molar-refractivity contribution in [1.82, 2.24) is 0 Å². The fourth-order valence-corrected chi connectivity index (χ4v) is 1.00. The highest BCUT2D eigenvalue weighted by molar-refractivity contribution is 5.12. The summed E-state index contributed by atoms with van der Waals surface area (Å²) >= 11 is 0. The molecular weight excluding hydrogens is 164 g/mol. The molecule has 2 heteroatoms. The topological polar surface area (TPSA) is 29.5 Å². The van der Waals surface area contributed by atoms with Crippen LogP contribution in [0.5, 0.6) is 0 Å². The number of aliphatic hydroxyl groups is 1. The van der Waals surface area contributed by atoms with Crippen molar-refractivity contribution >= 4 is 0 Å². The Morgan fingerprint density at radius 2 is 2.00 bits per heavy atom. The van der Waals surface area contributed by atoms with Crippen LogP contribution >= 0.6 is 0 Å². The van der Waals surface area contributed by atoms with Crippen LogP contribution in [0.3, 0.4) is 0 Å². The molecule has 0 bridgehead atoms. The Morgan fingerprint density at radius 1 is 1.46 bits per heavy atom. The van der Waals surface area contributed by atoms with E-state index in [1.165, 1.54) is 0 Å². The standard InChI is InChI=1S/C11H18O2/c1-6-13-11(9(4)7-12)10(5)8(2)3/h1,8-9,12H,7H2,2-5H3/b11-10+. The highest BCUT2D eigenvalue weighted by Crippen LogP contribution is 2.21. The molecule has 0 amide bonds. The average Bonchev–Trinajstić information content (AvgIpc) is 2.11. The van der Waals surface area contributed by atoms with E-state index in [0.29, 0.717) is 5.92 Å². The van der Waals surface area contributed by atoms with Crippen LogP contribution in [0.2, 0.25) is 0 Å². The number of hydrogen-bond donors (Lipinski definition) is 1. The van der Waals surface area contributed by atoms with Crippen LogP contribution in [0.15, 0.2) is 11.3 Å².